The number of nitrogens with one attached hydrogen (secondary N) is 1. The Morgan fingerprint density at radius 3 is 2.93 bits per heavy atom. The van der Waals surface area contributed by atoms with Gasteiger partial charge in [0.2, 0.25) is 0 Å². The molecule has 0 atom stereocenters. The number of rotatable bonds is 4. The summed E-state index contributed by atoms with van der Waals surface area (Å²) in [6.07, 6.45) is 3.86. The van der Waals surface area contributed by atoms with Gasteiger partial charge in [0.15, 0.2) is 0 Å². The first-order valence-corrected chi connectivity index (χ1v) is 5.01. The molecule has 1 aromatic rings. The van der Waals surface area contributed by atoms with Crippen LogP contribution in [-0.4, -0.2) is 16.5 Å². The molecule has 1 heterocycles. The van der Waals surface area contributed by atoms with Crippen molar-refractivity contribution < 1.29 is 4.92 Å². The Morgan fingerprint density at radius 2 is 2.40 bits per heavy atom. The first kappa shape index (κ1) is 9.89. The number of nitro groups is 1. The van der Waals surface area contributed by atoms with Crippen molar-refractivity contribution in [1.82, 2.24) is 4.98 Å². The van der Waals surface area contributed by atoms with Gasteiger partial charge < -0.3 is 5.32 Å². The molecule has 1 aliphatic rings. The largest absolute Gasteiger partial charge is 0.370 e. The average Bonchev–Trinajstić information content (AvgIpc) is 2.97. The van der Waals surface area contributed by atoms with Crippen LogP contribution >= 0.6 is 0 Å². The molecule has 1 aromatic heterocycles. The van der Waals surface area contributed by atoms with E-state index in [-0.39, 0.29) is 5.69 Å². The van der Waals surface area contributed by atoms with Crippen molar-refractivity contribution in [1.29, 1.82) is 0 Å². The van der Waals surface area contributed by atoms with Crippen molar-refractivity contribution in [2.75, 3.05) is 11.9 Å². The molecule has 1 aliphatic carbocycles. The molecule has 5 nitrogen and oxygen atoms in total. The second-order valence-corrected chi connectivity index (χ2v) is 3.94. The summed E-state index contributed by atoms with van der Waals surface area (Å²) in [5.74, 6) is 1.49. The standard InChI is InChI=1S/C10H13N3O2/c1-7-4-10(11-5-8-2-3-8)12-6-9(7)13(14)15/h4,6,8H,2-3,5H2,1H3,(H,11,12). The number of hydrogen-bond acceptors (Lipinski definition) is 4. The number of aryl methyl sites for hydroxylation is 1. The zero-order valence-electron chi connectivity index (χ0n) is 8.56. The van der Waals surface area contributed by atoms with Crippen LogP contribution < -0.4 is 5.32 Å². The van der Waals surface area contributed by atoms with Crippen LogP contribution in [0.2, 0.25) is 0 Å². The van der Waals surface area contributed by atoms with Crippen molar-refractivity contribution in [2.45, 2.75) is 19.8 Å². The van der Waals surface area contributed by atoms with E-state index in [9.17, 15) is 10.1 Å². The first-order chi connectivity index (χ1) is 7.16. The van der Waals surface area contributed by atoms with Crippen LogP contribution in [0.3, 0.4) is 0 Å². The van der Waals surface area contributed by atoms with Crippen LogP contribution in [0.25, 0.3) is 0 Å². The van der Waals surface area contributed by atoms with Gasteiger partial charge in [0.25, 0.3) is 5.69 Å². The summed E-state index contributed by atoms with van der Waals surface area (Å²) in [4.78, 5) is 14.2. The summed E-state index contributed by atoms with van der Waals surface area (Å²) in [5.41, 5.74) is 0.722. The Bertz CT molecular complexity index is 388. The molecule has 0 saturated heterocycles. The van der Waals surface area contributed by atoms with Crippen LogP contribution in [0.5, 0.6) is 0 Å². The van der Waals surface area contributed by atoms with Crippen LogP contribution in [-0.2, 0) is 0 Å². The van der Waals surface area contributed by atoms with Gasteiger partial charge in [0.1, 0.15) is 12.0 Å². The summed E-state index contributed by atoms with van der Waals surface area (Å²) in [5, 5.41) is 13.7. The molecular weight excluding hydrogens is 194 g/mol. The number of hydrogen-bond donors (Lipinski definition) is 1. The molecule has 1 saturated carbocycles. The topological polar surface area (TPSA) is 68.1 Å². The highest BCUT2D eigenvalue weighted by Gasteiger charge is 2.21. The van der Waals surface area contributed by atoms with Gasteiger partial charge in [-0.3, -0.25) is 10.1 Å². The number of anilines is 1. The smallest absolute Gasteiger partial charge is 0.290 e. The fourth-order valence-electron chi connectivity index (χ4n) is 1.41. The first-order valence-electron chi connectivity index (χ1n) is 5.01. The SMILES string of the molecule is Cc1cc(NCC2CC2)ncc1[N+](=O)[O-]. The maximum Gasteiger partial charge on any atom is 0.290 e. The van der Waals surface area contributed by atoms with Crippen molar-refractivity contribution in [2.24, 2.45) is 5.92 Å². The Labute approximate surface area is 87.7 Å². The Morgan fingerprint density at radius 1 is 1.67 bits per heavy atom. The summed E-state index contributed by atoms with van der Waals surface area (Å²) < 4.78 is 0. The minimum Gasteiger partial charge on any atom is -0.370 e. The molecule has 1 fully saturated rings. The highest BCUT2D eigenvalue weighted by Crippen LogP contribution is 2.29. The molecule has 0 unspecified atom stereocenters. The lowest BCUT2D eigenvalue weighted by molar-refractivity contribution is -0.385. The van der Waals surface area contributed by atoms with Gasteiger partial charge in [-0.1, -0.05) is 0 Å². The van der Waals surface area contributed by atoms with Gasteiger partial charge in [-0.25, -0.2) is 4.98 Å². The fourth-order valence-corrected chi connectivity index (χ4v) is 1.41. The maximum absolute atomic E-state index is 10.6. The molecule has 80 valence electrons. The molecule has 1 N–H and O–H groups in total. The molecule has 2 rings (SSSR count). The maximum atomic E-state index is 10.6. The lowest BCUT2D eigenvalue weighted by Crippen LogP contribution is -2.05. The van der Waals surface area contributed by atoms with E-state index in [1.165, 1.54) is 19.0 Å². The quantitative estimate of drug-likeness (QED) is 0.606. The third-order valence-electron chi connectivity index (χ3n) is 2.55. The molecule has 0 amide bonds. The molecule has 15 heavy (non-hydrogen) atoms. The zero-order chi connectivity index (χ0) is 10.8. The van der Waals surface area contributed by atoms with Gasteiger partial charge in [-0.05, 0) is 31.7 Å². The van der Waals surface area contributed by atoms with Gasteiger partial charge in [0.05, 0.1) is 4.92 Å². The van der Waals surface area contributed by atoms with E-state index in [1.54, 1.807) is 13.0 Å². The highest BCUT2D eigenvalue weighted by molar-refractivity contribution is 5.46. The Kier molecular flexibility index (Phi) is 2.53. The average molecular weight is 207 g/mol. The fraction of sp³-hybridized carbons (Fsp3) is 0.500. The second-order valence-electron chi connectivity index (χ2n) is 3.94. The number of pyridine rings is 1. The van der Waals surface area contributed by atoms with Crippen molar-refractivity contribution in [3.63, 3.8) is 0 Å². The van der Waals surface area contributed by atoms with E-state index in [0.717, 1.165) is 18.3 Å². The second kappa shape index (κ2) is 3.84. The molecular formula is C10H13N3O2. The zero-order valence-corrected chi connectivity index (χ0v) is 8.56. The Hall–Kier alpha value is -1.65. The molecule has 0 aliphatic heterocycles. The monoisotopic (exact) mass is 207 g/mol. The molecule has 5 heteroatoms. The predicted octanol–water partition coefficient (Wildman–Crippen LogP) is 2.12. The van der Waals surface area contributed by atoms with Crippen molar-refractivity contribution >= 4 is 11.5 Å². The molecule has 0 bridgehead atoms. The molecule has 0 aromatic carbocycles. The van der Waals surface area contributed by atoms with E-state index in [1.807, 2.05) is 0 Å². The van der Waals surface area contributed by atoms with Crippen LogP contribution in [0, 0.1) is 23.0 Å². The van der Waals surface area contributed by atoms with E-state index in [4.69, 9.17) is 0 Å². The lowest BCUT2D eigenvalue weighted by Gasteiger charge is -2.04. The van der Waals surface area contributed by atoms with Crippen LogP contribution in [0.4, 0.5) is 11.5 Å². The summed E-state index contributed by atoms with van der Waals surface area (Å²) in [6, 6.07) is 1.72. The Balaban J connectivity index is 2.06. The summed E-state index contributed by atoms with van der Waals surface area (Å²) in [6.45, 7) is 2.65. The van der Waals surface area contributed by atoms with Gasteiger partial charge in [0, 0.05) is 12.1 Å². The number of nitrogens with zero attached hydrogens (tertiary/aromatic N) is 2. The van der Waals surface area contributed by atoms with E-state index in [2.05, 4.69) is 10.3 Å². The van der Waals surface area contributed by atoms with Crippen molar-refractivity contribution in [3.8, 4) is 0 Å². The lowest BCUT2D eigenvalue weighted by atomic mass is 10.2. The molecule has 0 radical (unpaired) electrons. The highest BCUT2D eigenvalue weighted by atomic mass is 16.6. The summed E-state index contributed by atoms with van der Waals surface area (Å²) in [7, 11) is 0. The number of aromatic nitrogens is 1. The van der Waals surface area contributed by atoms with E-state index >= 15 is 0 Å². The molecule has 0 spiro atoms. The van der Waals surface area contributed by atoms with Crippen LogP contribution in [0.15, 0.2) is 12.3 Å². The van der Waals surface area contributed by atoms with Gasteiger partial charge in [-0.2, -0.15) is 0 Å². The third-order valence-corrected chi connectivity index (χ3v) is 2.55. The van der Waals surface area contributed by atoms with Crippen molar-refractivity contribution in [3.05, 3.63) is 27.9 Å². The normalized spacial score (nSPS) is 15.0. The van der Waals surface area contributed by atoms with E-state index in [0.29, 0.717) is 5.56 Å². The van der Waals surface area contributed by atoms with Crippen LogP contribution in [0.1, 0.15) is 18.4 Å². The van der Waals surface area contributed by atoms with Gasteiger partial charge >= 0.3 is 0 Å². The minimum atomic E-state index is -0.410. The van der Waals surface area contributed by atoms with Gasteiger partial charge in [-0.15, -0.1) is 0 Å². The predicted molar refractivity (Wildman–Crippen MR) is 56.8 cm³/mol. The van der Waals surface area contributed by atoms with E-state index < -0.39 is 4.92 Å². The summed E-state index contributed by atoms with van der Waals surface area (Å²) >= 11 is 0. The minimum absolute atomic E-state index is 0.0759. The third kappa shape index (κ3) is 2.43.